The SMILES string of the molecule is Cc1occc1-c1nnc(SCC(=O)N[C@H]2CCCc3ccccc32)n1-c1ccccc1. The summed E-state index contributed by atoms with van der Waals surface area (Å²) in [5.74, 6) is 1.75. The monoisotopic (exact) mass is 444 g/mol. The highest BCUT2D eigenvalue weighted by molar-refractivity contribution is 7.99. The number of rotatable bonds is 6. The molecule has 2 aromatic carbocycles. The number of fused-ring (bicyclic) bond motifs is 1. The molecular formula is C25H24N4O2S. The Morgan fingerprint density at radius 3 is 2.75 bits per heavy atom. The molecule has 2 heterocycles. The van der Waals surface area contributed by atoms with Gasteiger partial charge in [0.25, 0.3) is 0 Å². The van der Waals surface area contributed by atoms with E-state index in [0.29, 0.717) is 11.0 Å². The first-order chi connectivity index (χ1) is 15.7. The standard InChI is InChI=1S/C25H24N4O2S/c1-17-20(14-15-31-17)24-27-28-25(29(24)19-10-3-2-4-11-19)32-16-23(30)26-22-13-7-9-18-8-5-6-12-21(18)22/h2-6,8,10-12,14-15,22H,7,9,13,16H2,1H3,(H,26,30)/t22-/m0/s1. The smallest absolute Gasteiger partial charge is 0.230 e. The molecule has 2 aromatic heterocycles. The fourth-order valence-corrected chi connectivity index (χ4v) is 5.00. The van der Waals surface area contributed by atoms with E-state index in [2.05, 4.69) is 33.7 Å². The number of benzene rings is 2. The lowest BCUT2D eigenvalue weighted by molar-refractivity contribution is -0.119. The minimum absolute atomic E-state index is 0.000330. The number of aromatic nitrogens is 3. The summed E-state index contributed by atoms with van der Waals surface area (Å²) in [7, 11) is 0. The van der Waals surface area contributed by atoms with Crippen LogP contribution in [0, 0.1) is 6.92 Å². The first kappa shape index (κ1) is 20.6. The van der Waals surface area contributed by atoms with Crippen LogP contribution in [0.1, 0.15) is 35.8 Å². The van der Waals surface area contributed by atoms with Crippen molar-refractivity contribution in [3.8, 4) is 17.1 Å². The van der Waals surface area contributed by atoms with E-state index in [1.54, 1.807) is 6.26 Å². The molecule has 1 aliphatic rings. The largest absolute Gasteiger partial charge is 0.469 e. The van der Waals surface area contributed by atoms with Gasteiger partial charge in [0.2, 0.25) is 5.91 Å². The average Bonchev–Trinajstić information content (AvgIpc) is 3.44. The molecule has 1 N–H and O–H groups in total. The van der Waals surface area contributed by atoms with Gasteiger partial charge in [-0.1, -0.05) is 54.2 Å². The predicted molar refractivity (Wildman–Crippen MR) is 125 cm³/mol. The van der Waals surface area contributed by atoms with Crippen LogP contribution in [0.15, 0.2) is 76.5 Å². The fourth-order valence-electron chi connectivity index (χ4n) is 4.23. The van der Waals surface area contributed by atoms with Gasteiger partial charge < -0.3 is 9.73 Å². The molecule has 0 saturated heterocycles. The second kappa shape index (κ2) is 9.04. The third kappa shape index (κ3) is 4.08. The zero-order chi connectivity index (χ0) is 21.9. The number of hydrogen-bond acceptors (Lipinski definition) is 5. The Morgan fingerprint density at radius 1 is 1.12 bits per heavy atom. The van der Waals surface area contributed by atoms with Crippen molar-refractivity contribution in [2.24, 2.45) is 0 Å². The van der Waals surface area contributed by atoms with Crippen LogP contribution in [0.5, 0.6) is 0 Å². The molecular weight excluding hydrogens is 420 g/mol. The normalized spacial score (nSPS) is 15.3. The summed E-state index contributed by atoms with van der Waals surface area (Å²) in [6.45, 7) is 1.90. The summed E-state index contributed by atoms with van der Waals surface area (Å²) in [4.78, 5) is 12.8. The molecule has 5 rings (SSSR count). The van der Waals surface area contributed by atoms with Crippen LogP contribution in [-0.2, 0) is 11.2 Å². The third-order valence-electron chi connectivity index (χ3n) is 5.78. The predicted octanol–water partition coefficient (Wildman–Crippen LogP) is 5.12. The zero-order valence-corrected chi connectivity index (χ0v) is 18.6. The second-order valence-electron chi connectivity index (χ2n) is 7.87. The number of carbonyl (C=O) groups excluding carboxylic acids is 1. The van der Waals surface area contributed by atoms with Gasteiger partial charge in [-0.15, -0.1) is 10.2 Å². The van der Waals surface area contributed by atoms with Crippen molar-refractivity contribution in [1.29, 1.82) is 0 Å². The lowest BCUT2D eigenvalue weighted by atomic mass is 9.88. The molecule has 6 nitrogen and oxygen atoms in total. The van der Waals surface area contributed by atoms with Crippen LogP contribution < -0.4 is 5.32 Å². The Labute approximate surface area is 191 Å². The summed E-state index contributed by atoms with van der Waals surface area (Å²) in [5, 5.41) is 12.7. The van der Waals surface area contributed by atoms with Gasteiger partial charge in [0, 0.05) is 5.69 Å². The van der Waals surface area contributed by atoms with Gasteiger partial charge in [0.1, 0.15) is 5.76 Å². The van der Waals surface area contributed by atoms with Crippen LogP contribution in [0.2, 0.25) is 0 Å². The molecule has 0 bridgehead atoms. The fraction of sp³-hybridized carbons (Fsp3) is 0.240. The average molecular weight is 445 g/mol. The number of thioether (sulfide) groups is 1. The van der Waals surface area contributed by atoms with Crippen LogP contribution in [-0.4, -0.2) is 26.4 Å². The van der Waals surface area contributed by atoms with Crippen LogP contribution >= 0.6 is 11.8 Å². The molecule has 1 aliphatic carbocycles. The highest BCUT2D eigenvalue weighted by Gasteiger charge is 2.23. The van der Waals surface area contributed by atoms with E-state index < -0.39 is 0 Å². The number of amides is 1. The lowest BCUT2D eigenvalue weighted by Crippen LogP contribution is -2.32. The number of nitrogens with zero attached hydrogens (tertiary/aromatic N) is 3. The molecule has 0 unspecified atom stereocenters. The molecule has 162 valence electrons. The first-order valence-corrected chi connectivity index (χ1v) is 11.7. The molecule has 32 heavy (non-hydrogen) atoms. The summed E-state index contributed by atoms with van der Waals surface area (Å²) >= 11 is 1.39. The van der Waals surface area contributed by atoms with Gasteiger partial charge in [-0.2, -0.15) is 0 Å². The first-order valence-electron chi connectivity index (χ1n) is 10.8. The van der Waals surface area contributed by atoms with E-state index in [-0.39, 0.29) is 17.7 Å². The maximum Gasteiger partial charge on any atom is 0.230 e. The molecule has 4 aromatic rings. The second-order valence-corrected chi connectivity index (χ2v) is 8.81. The molecule has 1 atom stereocenters. The maximum atomic E-state index is 12.8. The van der Waals surface area contributed by atoms with Gasteiger partial charge in [0.05, 0.1) is 23.6 Å². The van der Waals surface area contributed by atoms with Gasteiger partial charge in [-0.3, -0.25) is 9.36 Å². The Morgan fingerprint density at radius 2 is 1.94 bits per heavy atom. The Bertz CT molecular complexity index is 1230. The highest BCUT2D eigenvalue weighted by Crippen LogP contribution is 2.31. The molecule has 0 spiro atoms. The number of hydrogen-bond donors (Lipinski definition) is 1. The van der Waals surface area contributed by atoms with Crippen LogP contribution in [0.3, 0.4) is 0 Å². The lowest BCUT2D eigenvalue weighted by Gasteiger charge is -2.26. The number of carbonyl (C=O) groups is 1. The number of furan rings is 1. The zero-order valence-electron chi connectivity index (χ0n) is 17.8. The van der Waals surface area contributed by atoms with Gasteiger partial charge >= 0.3 is 0 Å². The van der Waals surface area contributed by atoms with Crippen molar-refractivity contribution in [3.63, 3.8) is 0 Å². The molecule has 0 radical (unpaired) electrons. The quantitative estimate of drug-likeness (QED) is 0.418. The van der Waals surface area contributed by atoms with Gasteiger partial charge in [-0.25, -0.2) is 0 Å². The van der Waals surface area contributed by atoms with E-state index in [0.717, 1.165) is 36.3 Å². The summed E-state index contributed by atoms with van der Waals surface area (Å²) in [6, 6.07) is 20.3. The van der Waals surface area contributed by atoms with E-state index in [4.69, 9.17) is 4.42 Å². The summed E-state index contributed by atoms with van der Waals surface area (Å²) in [5.41, 5.74) is 4.40. The molecule has 7 heteroatoms. The molecule has 0 aliphatic heterocycles. The minimum Gasteiger partial charge on any atom is -0.469 e. The number of nitrogens with one attached hydrogen (secondary N) is 1. The number of aryl methyl sites for hydroxylation is 2. The summed E-state index contributed by atoms with van der Waals surface area (Å²) in [6.07, 6.45) is 4.78. The minimum atomic E-state index is 0.000330. The topological polar surface area (TPSA) is 72.9 Å². The van der Waals surface area contributed by atoms with Crippen molar-refractivity contribution >= 4 is 17.7 Å². The van der Waals surface area contributed by atoms with Gasteiger partial charge in [0.15, 0.2) is 11.0 Å². The molecule has 0 saturated carbocycles. The van der Waals surface area contributed by atoms with E-state index >= 15 is 0 Å². The van der Waals surface area contributed by atoms with Crippen molar-refractivity contribution in [3.05, 3.63) is 83.8 Å². The van der Waals surface area contributed by atoms with Gasteiger partial charge in [-0.05, 0) is 55.5 Å². The summed E-state index contributed by atoms with van der Waals surface area (Å²) < 4.78 is 7.46. The Hall–Kier alpha value is -3.32. The van der Waals surface area contributed by atoms with E-state index in [1.165, 1.54) is 22.9 Å². The van der Waals surface area contributed by atoms with Crippen LogP contribution in [0.25, 0.3) is 17.1 Å². The third-order valence-corrected chi connectivity index (χ3v) is 6.71. The van der Waals surface area contributed by atoms with Crippen LogP contribution in [0.4, 0.5) is 0 Å². The van der Waals surface area contributed by atoms with Crippen molar-refractivity contribution in [2.75, 3.05) is 5.75 Å². The number of para-hydroxylation sites is 1. The van der Waals surface area contributed by atoms with Crippen molar-refractivity contribution in [1.82, 2.24) is 20.1 Å². The Kier molecular flexibility index (Phi) is 5.81. The van der Waals surface area contributed by atoms with Crippen molar-refractivity contribution in [2.45, 2.75) is 37.4 Å². The van der Waals surface area contributed by atoms with E-state index in [1.807, 2.05) is 54.0 Å². The Balaban J connectivity index is 1.36. The molecule has 1 amide bonds. The van der Waals surface area contributed by atoms with E-state index in [9.17, 15) is 4.79 Å². The maximum absolute atomic E-state index is 12.8. The highest BCUT2D eigenvalue weighted by atomic mass is 32.2. The molecule has 0 fully saturated rings. The van der Waals surface area contributed by atoms with Crippen molar-refractivity contribution < 1.29 is 9.21 Å².